The van der Waals surface area contributed by atoms with Crippen molar-refractivity contribution in [2.75, 3.05) is 11.9 Å². The summed E-state index contributed by atoms with van der Waals surface area (Å²) in [6.45, 7) is 0.598. The van der Waals surface area contributed by atoms with Gasteiger partial charge in [-0.25, -0.2) is 9.78 Å². The highest BCUT2D eigenvalue weighted by Crippen LogP contribution is 2.43. The number of aromatic nitrogens is 2. The largest absolute Gasteiger partial charge is 0.337 e. The first-order chi connectivity index (χ1) is 10.7. The van der Waals surface area contributed by atoms with E-state index in [-0.39, 0.29) is 11.4 Å². The molecule has 3 rings (SSSR count). The minimum Gasteiger partial charge on any atom is -0.337 e. The first-order valence-electron chi connectivity index (χ1n) is 7.25. The second kappa shape index (κ2) is 6.32. The highest BCUT2D eigenvalue weighted by molar-refractivity contribution is 6.30. The Hall–Kier alpha value is -2.14. The van der Waals surface area contributed by atoms with Crippen LogP contribution in [0, 0.1) is 0 Å². The van der Waals surface area contributed by atoms with Gasteiger partial charge in [0.1, 0.15) is 0 Å². The molecule has 0 unspecified atom stereocenters. The summed E-state index contributed by atoms with van der Waals surface area (Å²) in [5, 5.41) is 6.34. The molecule has 0 radical (unpaired) electrons. The summed E-state index contributed by atoms with van der Waals surface area (Å²) in [5.41, 5.74) is 1.24. The number of nitrogens with one attached hydrogen (secondary N) is 2. The molecule has 1 heterocycles. The lowest BCUT2D eigenvalue weighted by molar-refractivity contribution is 0.222. The van der Waals surface area contributed by atoms with Gasteiger partial charge in [0, 0.05) is 29.4 Å². The maximum absolute atomic E-state index is 12.0. The molecule has 1 aromatic heterocycles. The third kappa shape index (κ3) is 3.20. The number of carbonyl (C=O) groups excluding carboxylic acids is 1. The van der Waals surface area contributed by atoms with Crippen molar-refractivity contribution in [3.8, 4) is 0 Å². The number of urea groups is 1. The van der Waals surface area contributed by atoms with Gasteiger partial charge in [0.15, 0.2) is 5.82 Å². The van der Waals surface area contributed by atoms with Crippen LogP contribution >= 0.6 is 11.6 Å². The van der Waals surface area contributed by atoms with E-state index < -0.39 is 0 Å². The summed E-state index contributed by atoms with van der Waals surface area (Å²) in [6.07, 6.45) is 7.93. The Morgan fingerprint density at radius 2 is 2.00 bits per heavy atom. The third-order valence-corrected chi connectivity index (χ3v) is 4.41. The summed E-state index contributed by atoms with van der Waals surface area (Å²) in [4.78, 5) is 19.9. The van der Waals surface area contributed by atoms with Crippen LogP contribution in [0.4, 0.5) is 10.6 Å². The number of rotatable bonds is 4. The summed E-state index contributed by atoms with van der Waals surface area (Å²) in [7, 11) is 0. The monoisotopic (exact) mass is 316 g/mol. The molecule has 1 aromatic carbocycles. The molecule has 6 heteroatoms. The molecular weight excluding hydrogens is 300 g/mol. The molecule has 0 atom stereocenters. The first-order valence-corrected chi connectivity index (χ1v) is 7.63. The standard InChI is InChI=1S/C16H17ClN4O/c17-13-4-2-12(3-5-13)16(6-1-7-16)11-20-15(22)21-14-10-18-8-9-19-14/h2-5,8-10H,1,6-7,11H2,(H2,19,20,21,22). The zero-order valence-electron chi connectivity index (χ0n) is 12.1. The molecule has 1 aliphatic rings. The average Bonchev–Trinajstić information content (AvgIpc) is 2.49. The van der Waals surface area contributed by atoms with Gasteiger partial charge in [-0.1, -0.05) is 30.2 Å². The van der Waals surface area contributed by atoms with Gasteiger partial charge in [0.25, 0.3) is 0 Å². The van der Waals surface area contributed by atoms with Crippen molar-refractivity contribution in [3.63, 3.8) is 0 Å². The number of nitrogens with zero attached hydrogens (tertiary/aromatic N) is 2. The molecule has 2 aromatic rings. The van der Waals surface area contributed by atoms with Crippen molar-refractivity contribution >= 4 is 23.4 Å². The fourth-order valence-electron chi connectivity index (χ4n) is 2.75. The van der Waals surface area contributed by atoms with Crippen molar-refractivity contribution in [2.24, 2.45) is 0 Å². The summed E-state index contributed by atoms with van der Waals surface area (Å²) >= 11 is 5.95. The van der Waals surface area contributed by atoms with Crippen molar-refractivity contribution in [3.05, 3.63) is 53.4 Å². The summed E-state index contributed by atoms with van der Waals surface area (Å²) in [6, 6.07) is 7.63. The molecule has 114 valence electrons. The van der Waals surface area contributed by atoms with Crippen LogP contribution in [0.15, 0.2) is 42.9 Å². The van der Waals surface area contributed by atoms with Crippen LogP contribution in [-0.2, 0) is 5.41 Å². The Kier molecular flexibility index (Phi) is 4.24. The smallest absolute Gasteiger partial charge is 0.320 e. The Balaban J connectivity index is 1.61. The van der Waals surface area contributed by atoms with E-state index in [0.29, 0.717) is 12.4 Å². The fourth-order valence-corrected chi connectivity index (χ4v) is 2.87. The van der Waals surface area contributed by atoms with Gasteiger partial charge in [0.2, 0.25) is 0 Å². The minimum absolute atomic E-state index is 0.0182. The molecule has 0 bridgehead atoms. The molecule has 0 spiro atoms. The van der Waals surface area contributed by atoms with E-state index in [2.05, 4.69) is 20.6 Å². The second-order valence-corrected chi connectivity index (χ2v) is 5.98. The molecule has 2 N–H and O–H groups in total. The Bertz CT molecular complexity index is 641. The molecular formula is C16H17ClN4O. The van der Waals surface area contributed by atoms with E-state index in [1.54, 1.807) is 6.20 Å². The van der Waals surface area contributed by atoms with Gasteiger partial charge >= 0.3 is 6.03 Å². The van der Waals surface area contributed by atoms with Gasteiger partial charge in [-0.05, 0) is 30.5 Å². The molecule has 1 aliphatic carbocycles. The quantitative estimate of drug-likeness (QED) is 0.908. The van der Waals surface area contributed by atoms with Crippen molar-refractivity contribution in [2.45, 2.75) is 24.7 Å². The Morgan fingerprint density at radius 3 is 2.59 bits per heavy atom. The first kappa shape index (κ1) is 14.8. The normalized spacial score (nSPS) is 15.7. The predicted octanol–water partition coefficient (Wildman–Crippen LogP) is 3.37. The number of hydrogen-bond donors (Lipinski definition) is 2. The van der Waals surface area contributed by atoms with Gasteiger partial charge in [-0.2, -0.15) is 0 Å². The molecule has 1 fully saturated rings. The number of halogens is 1. The van der Waals surface area contributed by atoms with Crippen LogP contribution in [0.5, 0.6) is 0 Å². The van der Waals surface area contributed by atoms with Gasteiger partial charge < -0.3 is 5.32 Å². The summed E-state index contributed by atoms with van der Waals surface area (Å²) in [5.74, 6) is 0.439. The van der Waals surface area contributed by atoms with Crippen molar-refractivity contribution in [1.29, 1.82) is 0 Å². The van der Waals surface area contributed by atoms with Gasteiger partial charge in [0.05, 0.1) is 6.20 Å². The zero-order valence-corrected chi connectivity index (χ0v) is 12.8. The average molecular weight is 317 g/mol. The molecule has 5 nitrogen and oxygen atoms in total. The van der Waals surface area contributed by atoms with Crippen LogP contribution in [0.1, 0.15) is 24.8 Å². The zero-order chi connectivity index (χ0) is 15.4. The summed E-state index contributed by atoms with van der Waals surface area (Å²) < 4.78 is 0. The molecule has 22 heavy (non-hydrogen) atoms. The SMILES string of the molecule is O=C(NCC1(c2ccc(Cl)cc2)CCC1)Nc1cnccn1. The predicted molar refractivity (Wildman–Crippen MR) is 86.0 cm³/mol. The maximum atomic E-state index is 12.0. The third-order valence-electron chi connectivity index (χ3n) is 4.16. The van der Waals surface area contributed by atoms with E-state index in [1.165, 1.54) is 24.4 Å². The number of amides is 2. The number of anilines is 1. The highest BCUT2D eigenvalue weighted by atomic mass is 35.5. The van der Waals surface area contributed by atoms with Crippen molar-refractivity contribution in [1.82, 2.24) is 15.3 Å². The van der Waals surface area contributed by atoms with E-state index in [4.69, 9.17) is 11.6 Å². The van der Waals surface area contributed by atoms with Crippen molar-refractivity contribution < 1.29 is 4.79 Å². The minimum atomic E-state index is -0.263. The maximum Gasteiger partial charge on any atom is 0.320 e. The van der Waals surface area contributed by atoms with Crippen LogP contribution in [0.3, 0.4) is 0 Å². The number of carbonyl (C=O) groups is 1. The van der Waals surface area contributed by atoms with Crippen LogP contribution in [0.25, 0.3) is 0 Å². The van der Waals surface area contributed by atoms with E-state index in [0.717, 1.165) is 17.9 Å². The van der Waals surface area contributed by atoms with Gasteiger partial charge in [-0.15, -0.1) is 0 Å². The lowest BCUT2D eigenvalue weighted by Gasteiger charge is -2.42. The lowest BCUT2D eigenvalue weighted by Crippen LogP contribution is -2.46. The number of hydrogen-bond acceptors (Lipinski definition) is 3. The topological polar surface area (TPSA) is 66.9 Å². The molecule has 0 aliphatic heterocycles. The fraction of sp³-hybridized carbons (Fsp3) is 0.312. The Labute approximate surface area is 134 Å². The highest BCUT2D eigenvalue weighted by Gasteiger charge is 2.38. The molecule has 0 saturated heterocycles. The number of benzene rings is 1. The van der Waals surface area contributed by atoms with E-state index in [9.17, 15) is 4.79 Å². The lowest BCUT2D eigenvalue weighted by atomic mass is 9.64. The van der Waals surface area contributed by atoms with E-state index >= 15 is 0 Å². The Morgan fingerprint density at radius 1 is 1.23 bits per heavy atom. The van der Waals surface area contributed by atoms with Gasteiger partial charge in [-0.3, -0.25) is 10.3 Å². The second-order valence-electron chi connectivity index (χ2n) is 5.54. The molecule has 2 amide bonds. The van der Waals surface area contributed by atoms with E-state index in [1.807, 2.05) is 24.3 Å². The van der Waals surface area contributed by atoms with Crippen LogP contribution in [-0.4, -0.2) is 22.5 Å². The van der Waals surface area contributed by atoms with Crippen LogP contribution in [0.2, 0.25) is 5.02 Å². The van der Waals surface area contributed by atoms with Crippen LogP contribution < -0.4 is 10.6 Å². The molecule has 1 saturated carbocycles.